The molecule has 1 aliphatic rings. The summed E-state index contributed by atoms with van der Waals surface area (Å²) in [6, 6.07) is 5.97. The number of hydrogen-bond acceptors (Lipinski definition) is 3. The largest absolute Gasteiger partial charge is 0.478 e. The van der Waals surface area contributed by atoms with E-state index in [0.29, 0.717) is 11.6 Å². The minimum Gasteiger partial charge on any atom is -0.478 e. The lowest BCUT2D eigenvalue weighted by molar-refractivity contribution is 0.0697. The summed E-state index contributed by atoms with van der Waals surface area (Å²) in [6.45, 7) is 2.82. The van der Waals surface area contributed by atoms with Gasteiger partial charge in [-0.05, 0) is 50.2 Å². The Kier molecular flexibility index (Phi) is 4.80. The smallest absolute Gasteiger partial charge is 0.335 e. The number of carbonyl (C=O) groups is 2. The number of carboxylic acids is 1. The van der Waals surface area contributed by atoms with Crippen molar-refractivity contribution in [1.29, 1.82) is 0 Å². The van der Waals surface area contributed by atoms with Crippen LogP contribution in [0, 0.1) is 5.92 Å². The zero-order valence-electron chi connectivity index (χ0n) is 12.4. The molecule has 1 heterocycles. The number of rotatable bonds is 4. The van der Waals surface area contributed by atoms with Crippen LogP contribution in [0.1, 0.15) is 16.8 Å². The molecule has 1 atom stereocenters. The second-order valence-electron chi connectivity index (χ2n) is 5.61. The number of nitrogens with zero attached hydrogens (tertiary/aromatic N) is 2. The molecular weight excluding hydrogens is 270 g/mol. The molecular formula is C15H21N3O3. The topological polar surface area (TPSA) is 72.9 Å². The number of carbonyl (C=O) groups excluding carboxylic acids is 1. The molecule has 2 rings (SSSR count). The number of carboxylic acid groups (broad SMARTS) is 1. The molecule has 0 spiro atoms. The third-order valence-electron chi connectivity index (χ3n) is 3.75. The Morgan fingerprint density at radius 1 is 1.38 bits per heavy atom. The summed E-state index contributed by atoms with van der Waals surface area (Å²) in [5.41, 5.74) is 0.802. The quantitative estimate of drug-likeness (QED) is 0.887. The number of anilines is 1. The third-order valence-corrected chi connectivity index (χ3v) is 3.75. The molecule has 1 saturated heterocycles. The maximum Gasteiger partial charge on any atom is 0.335 e. The standard InChI is InChI=1S/C15H21N3O3/c1-17-8-7-11(9-17)10-18(2)15(21)16-13-5-3-12(4-6-13)14(19)20/h3-6,11H,7-10H2,1-2H3,(H,16,21)(H,19,20). The van der Waals surface area contributed by atoms with Gasteiger partial charge in [0.2, 0.25) is 0 Å². The molecule has 1 aromatic rings. The third kappa shape index (κ3) is 4.19. The average molecular weight is 291 g/mol. The zero-order chi connectivity index (χ0) is 15.4. The number of urea groups is 1. The fraction of sp³-hybridized carbons (Fsp3) is 0.467. The Morgan fingerprint density at radius 2 is 2.05 bits per heavy atom. The number of amides is 2. The van der Waals surface area contributed by atoms with E-state index in [4.69, 9.17) is 5.11 Å². The van der Waals surface area contributed by atoms with Crippen LogP contribution in [-0.4, -0.2) is 60.6 Å². The monoisotopic (exact) mass is 291 g/mol. The van der Waals surface area contributed by atoms with Gasteiger partial charge >= 0.3 is 12.0 Å². The van der Waals surface area contributed by atoms with Crippen LogP contribution in [0.25, 0.3) is 0 Å². The Morgan fingerprint density at radius 3 is 2.57 bits per heavy atom. The summed E-state index contributed by atoms with van der Waals surface area (Å²) in [5, 5.41) is 11.6. The first-order chi connectivity index (χ1) is 9.95. The molecule has 6 heteroatoms. The highest BCUT2D eigenvalue weighted by atomic mass is 16.4. The molecule has 1 fully saturated rings. The predicted molar refractivity (Wildman–Crippen MR) is 80.7 cm³/mol. The average Bonchev–Trinajstić information content (AvgIpc) is 2.84. The van der Waals surface area contributed by atoms with Gasteiger partial charge in [-0.25, -0.2) is 9.59 Å². The van der Waals surface area contributed by atoms with Gasteiger partial charge in [-0.1, -0.05) is 0 Å². The highest BCUT2D eigenvalue weighted by Crippen LogP contribution is 2.16. The molecule has 2 N–H and O–H groups in total. The molecule has 114 valence electrons. The van der Waals surface area contributed by atoms with E-state index in [2.05, 4.69) is 17.3 Å². The van der Waals surface area contributed by atoms with Crippen molar-refractivity contribution in [1.82, 2.24) is 9.80 Å². The van der Waals surface area contributed by atoms with Crippen molar-refractivity contribution in [2.24, 2.45) is 5.92 Å². The molecule has 0 bridgehead atoms. The van der Waals surface area contributed by atoms with E-state index in [1.54, 1.807) is 24.1 Å². The summed E-state index contributed by atoms with van der Waals surface area (Å²) in [5.74, 6) is -0.463. The summed E-state index contributed by atoms with van der Waals surface area (Å²) >= 11 is 0. The summed E-state index contributed by atoms with van der Waals surface area (Å²) in [6.07, 6.45) is 1.11. The normalized spacial score (nSPS) is 18.5. The molecule has 6 nitrogen and oxygen atoms in total. The second kappa shape index (κ2) is 6.58. The molecule has 2 amide bonds. The summed E-state index contributed by atoms with van der Waals surface area (Å²) < 4.78 is 0. The first-order valence-electron chi connectivity index (χ1n) is 6.99. The van der Waals surface area contributed by atoms with Crippen LogP contribution in [0.3, 0.4) is 0 Å². The van der Waals surface area contributed by atoms with Gasteiger partial charge in [-0.15, -0.1) is 0 Å². The molecule has 21 heavy (non-hydrogen) atoms. The Hall–Kier alpha value is -2.08. The Bertz CT molecular complexity index is 515. The summed E-state index contributed by atoms with van der Waals surface area (Å²) in [4.78, 5) is 26.8. The van der Waals surface area contributed by atoms with E-state index in [1.165, 1.54) is 12.1 Å². The second-order valence-corrected chi connectivity index (χ2v) is 5.61. The van der Waals surface area contributed by atoms with Crippen molar-refractivity contribution >= 4 is 17.7 Å². The maximum absolute atomic E-state index is 12.1. The lowest BCUT2D eigenvalue weighted by Crippen LogP contribution is -2.35. The first-order valence-corrected chi connectivity index (χ1v) is 6.99. The Balaban J connectivity index is 1.86. The number of aromatic carboxylic acids is 1. The van der Waals surface area contributed by atoms with Gasteiger partial charge in [0.15, 0.2) is 0 Å². The van der Waals surface area contributed by atoms with Crippen molar-refractivity contribution in [3.63, 3.8) is 0 Å². The Labute approximate surface area is 124 Å². The van der Waals surface area contributed by atoms with Gasteiger partial charge in [0, 0.05) is 25.8 Å². The van der Waals surface area contributed by atoms with Crippen molar-refractivity contribution in [3.05, 3.63) is 29.8 Å². The number of likely N-dealkylation sites (tertiary alicyclic amines) is 1. The van der Waals surface area contributed by atoms with Crippen LogP contribution < -0.4 is 5.32 Å². The van der Waals surface area contributed by atoms with E-state index in [1.807, 2.05) is 0 Å². The van der Waals surface area contributed by atoms with Gasteiger partial charge in [0.1, 0.15) is 0 Å². The van der Waals surface area contributed by atoms with Crippen LogP contribution in [0.5, 0.6) is 0 Å². The number of benzene rings is 1. The van der Waals surface area contributed by atoms with Crippen molar-refractivity contribution < 1.29 is 14.7 Å². The molecule has 0 radical (unpaired) electrons. The van der Waals surface area contributed by atoms with E-state index in [9.17, 15) is 9.59 Å². The van der Waals surface area contributed by atoms with Crippen LogP contribution in [0.4, 0.5) is 10.5 Å². The van der Waals surface area contributed by atoms with Gasteiger partial charge in [-0.2, -0.15) is 0 Å². The molecule has 0 aliphatic carbocycles. The molecule has 0 aromatic heterocycles. The SMILES string of the molecule is CN1CCC(CN(C)C(=O)Nc2ccc(C(=O)O)cc2)C1. The molecule has 1 aliphatic heterocycles. The van der Waals surface area contributed by atoms with Crippen LogP contribution >= 0.6 is 0 Å². The van der Waals surface area contributed by atoms with Crippen molar-refractivity contribution in [2.45, 2.75) is 6.42 Å². The fourth-order valence-corrected chi connectivity index (χ4v) is 2.56. The highest BCUT2D eigenvalue weighted by Gasteiger charge is 2.22. The maximum atomic E-state index is 12.1. The van der Waals surface area contributed by atoms with E-state index in [-0.39, 0.29) is 11.6 Å². The van der Waals surface area contributed by atoms with Crippen LogP contribution in [-0.2, 0) is 0 Å². The number of hydrogen-bond donors (Lipinski definition) is 2. The fourth-order valence-electron chi connectivity index (χ4n) is 2.56. The molecule has 1 aromatic carbocycles. The number of nitrogens with one attached hydrogen (secondary N) is 1. The van der Waals surface area contributed by atoms with Gasteiger partial charge in [-0.3, -0.25) is 0 Å². The lowest BCUT2D eigenvalue weighted by atomic mass is 10.1. The van der Waals surface area contributed by atoms with Crippen molar-refractivity contribution in [2.75, 3.05) is 39.0 Å². The van der Waals surface area contributed by atoms with E-state index < -0.39 is 5.97 Å². The zero-order valence-corrected chi connectivity index (χ0v) is 12.4. The van der Waals surface area contributed by atoms with Gasteiger partial charge < -0.3 is 20.2 Å². The molecule has 1 unspecified atom stereocenters. The lowest BCUT2D eigenvalue weighted by Gasteiger charge is -2.21. The summed E-state index contributed by atoms with van der Waals surface area (Å²) in [7, 11) is 3.86. The minimum absolute atomic E-state index is 0.173. The van der Waals surface area contributed by atoms with Gasteiger partial charge in [0.25, 0.3) is 0 Å². The predicted octanol–water partition coefficient (Wildman–Crippen LogP) is 1.80. The van der Waals surface area contributed by atoms with Crippen LogP contribution in [0.2, 0.25) is 0 Å². The molecule has 0 saturated carbocycles. The highest BCUT2D eigenvalue weighted by molar-refractivity contribution is 5.91. The minimum atomic E-state index is -0.977. The van der Waals surface area contributed by atoms with Crippen LogP contribution in [0.15, 0.2) is 24.3 Å². The van der Waals surface area contributed by atoms with E-state index >= 15 is 0 Å². The van der Waals surface area contributed by atoms with Gasteiger partial charge in [0.05, 0.1) is 5.56 Å². The first kappa shape index (κ1) is 15.3. The van der Waals surface area contributed by atoms with E-state index in [0.717, 1.165) is 26.1 Å². The van der Waals surface area contributed by atoms with Crippen molar-refractivity contribution in [3.8, 4) is 0 Å².